The highest BCUT2D eigenvalue weighted by Crippen LogP contribution is 2.17. The second-order valence-corrected chi connectivity index (χ2v) is 3.98. The Morgan fingerprint density at radius 3 is 2.40 bits per heavy atom. The first-order valence-electron chi connectivity index (χ1n) is 4.86. The van der Waals surface area contributed by atoms with E-state index in [0.29, 0.717) is 5.28 Å². The molecule has 0 spiro atoms. The summed E-state index contributed by atoms with van der Waals surface area (Å²) in [4.78, 5) is 4.20. The maximum absolute atomic E-state index is 6.01. The molecule has 1 heterocycles. The van der Waals surface area contributed by atoms with E-state index in [2.05, 4.69) is 10.1 Å². The van der Waals surface area contributed by atoms with Crippen LogP contribution >= 0.6 is 11.6 Å². The molecule has 4 heteroatoms. The molecular weight excluding hydrogens is 210 g/mol. The monoisotopic (exact) mass is 221 g/mol. The zero-order valence-corrected chi connectivity index (χ0v) is 9.44. The van der Waals surface area contributed by atoms with Crippen LogP contribution in [0.5, 0.6) is 0 Å². The van der Waals surface area contributed by atoms with Gasteiger partial charge in [-0.1, -0.05) is 32.0 Å². The summed E-state index contributed by atoms with van der Waals surface area (Å²) in [5.41, 5.74) is 0.932. The van der Waals surface area contributed by atoms with Crippen molar-refractivity contribution in [2.75, 3.05) is 0 Å². The minimum atomic E-state index is 0.285. The summed E-state index contributed by atoms with van der Waals surface area (Å²) in [6, 6.07) is 9.75. The van der Waals surface area contributed by atoms with Crippen molar-refractivity contribution in [1.29, 1.82) is 0 Å². The standard InChI is InChI=1S/C11H12ClN3/c1-8(2)10-13-11(12)15(14-10)9-6-4-3-5-7-9/h3-8H,1-2H3. The van der Waals surface area contributed by atoms with Gasteiger partial charge in [0.2, 0.25) is 5.28 Å². The molecule has 1 aromatic heterocycles. The average molecular weight is 222 g/mol. The first-order chi connectivity index (χ1) is 7.18. The summed E-state index contributed by atoms with van der Waals surface area (Å²) in [6.07, 6.45) is 0. The molecule has 0 saturated heterocycles. The van der Waals surface area contributed by atoms with E-state index in [9.17, 15) is 0 Å². The van der Waals surface area contributed by atoms with Gasteiger partial charge in [-0.2, -0.15) is 0 Å². The first-order valence-corrected chi connectivity index (χ1v) is 5.24. The van der Waals surface area contributed by atoms with Crippen molar-refractivity contribution >= 4 is 11.6 Å². The molecule has 0 aliphatic heterocycles. The van der Waals surface area contributed by atoms with Crippen LogP contribution in [0.3, 0.4) is 0 Å². The summed E-state index contributed by atoms with van der Waals surface area (Å²) in [5, 5.41) is 4.76. The zero-order chi connectivity index (χ0) is 10.8. The van der Waals surface area contributed by atoms with Crippen LogP contribution in [-0.2, 0) is 0 Å². The van der Waals surface area contributed by atoms with Gasteiger partial charge in [0.05, 0.1) is 5.69 Å². The van der Waals surface area contributed by atoms with Crippen LogP contribution < -0.4 is 0 Å². The van der Waals surface area contributed by atoms with Gasteiger partial charge >= 0.3 is 0 Å². The highest BCUT2D eigenvalue weighted by Gasteiger charge is 2.11. The maximum Gasteiger partial charge on any atom is 0.225 e. The minimum Gasteiger partial charge on any atom is -0.203 e. The normalized spacial score (nSPS) is 10.9. The number of para-hydroxylation sites is 1. The number of hydrogen-bond donors (Lipinski definition) is 0. The number of nitrogens with zero attached hydrogens (tertiary/aromatic N) is 3. The van der Waals surface area contributed by atoms with Crippen LogP contribution in [0.25, 0.3) is 5.69 Å². The lowest BCUT2D eigenvalue weighted by atomic mass is 10.2. The summed E-state index contributed by atoms with van der Waals surface area (Å²) in [7, 11) is 0. The highest BCUT2D eigenvalue weighted by molar-refractivity contribution is 6.28. The molecule has 2 aromatic rings. The Morgan fingerprint density at radius 2 is 1.87 bits per heavy atom. The van der Waals surface area contributed by atoms with Crippen LogP contribution in [-0.4, -0.2) is 14.8 Å². The molecule has 0 saturated carbocycles. The SMILES string of the molecule is CC(C)c1nc(Cl)n(-c2ccccc2)n1. The van der Waals surface area contributed by atoms with Gasteiger partial charge in [-0.25, -0.2) is 9.67 Å². The second-order valence-electron chi connectivity index (χ2n) is 3.64. The van der Waals surface area contributed by atoms with Gasteiger partial charge in [0.15, 0.2) is 5.82 Å². The number of halogens is 1. The Hall–Kier alpha value is -1.35. The fourth-order valence-corrected chi connectivity index (χ4v) is 1.51. The maximum atomic E-state index is 6.01. The van der Waals surface area contributed by atoms with E-state index < -0.39 is 0 Å². The first kappa shape index (κ1) is 10.2. The van der Waals surface area contributed by atoms with E-state index in [0.717, 1.165) is 11.5 Å². The molecule has 2 rings (SSSR count). The van der Waals surface area contributed by atoms with E-state index in [-0.39, 0.29) is 5.92 Å². The number of aromatic nitrogens is 3. The molecule has 0 radical (unpaired) electrons. The van der Waals surface area contributed by atoms with Crippen LogP contribution in [0.15, 0.2) is 30.3 Å². The second kappa shape index (κ2) is 4.03. The van der Waals surface area contributed by atoms with E-state index in [1.54, 1.807) is 4.68 Å². The van der Waals surface area contributed by atoms with Crippen molar-refractivity contribution in [3.8, 4) is 5.69 Å². The molecule has 0 aliphatic carbocycles. The predicted octanol–water partition coefficient (Wildman–Crippen LogP) is 3.04. The van der Waals surface area contributed by atoms with Crippen molar-refractivity contribution < 1.29 is 0 Å². The van der Waals surface area contributed by atoms with E-state index in [1.165, 1.54) is 0 Å². The molecule has 0 amide bonds. The largest absolute Gasteiger partial charge is 0.225 e. The van der Waals surface area contributed by atoms with E-state index >= 15 is 0 Å². The molecule has 0 aliphatic rings. The average Bonchev–Trinajstić information content (AvgIpc) is 2.62. The third-order valence-electron chi connectivity index (χ3n) is 2.10. The molecule has 0 atom stereocenters. The molecule has 3 nitrogen and oxygen atoms in total. The number of rotatable bonds is 2. The van der Waals surface area contributed by atoms with Gasteiger partial charge in [0.25, 0.3) is 0 Å². The molecule has 0 fully saturated rings. The summed E-state index contributed by atoms with van der Waals surface area (Å²) < 4.78 is 1.65. The summed E-state index contributed by atoms with van der Waals surface area (Å²) in [6.45, 7) is 4.09. The summed E-state index contributed by atoms with van der Waals surface area (Å²) in [5.74, 6) is 1.05. The van der Waals surface area contributed by atoms with E-state index in [4.69, 9.17) is 11.6 Å². The zero-order valence-electron chi connectivity index (χ0n) is 8.68. The molecular formula is C11H12ClN3. The van der Waals surface area contributed by atoms with Gasteiger partial charge in [-0.15, -0.1) is 5.10 Å². The smallest absolute Gasteiger partial charge is 0.203 e. The van der Waals surface area contributed by atoms with Gasteiger partial charge < -0.3 is 0 Å². The van der Waals surface area contributed by atoms with E-state index in [1.807, 2.05) is 44.2 Å². The van der Waals surface area contributed by atoms with Gasteiger partial charge in [-0.05, 0) is 23.7 Å². The lowest BCUT2D eigenvalue weighted by Crippen LogP contribution is -1.97. The molecule has 0 N–H and O–H groups in total. The molecule has 0 bridgehead atoms. The fraction of sp³-hybridized carbons (Fsp3) is 0.273. The van der Waals surface area contributed by atoms with Gasteiger partial charge in [0, 0.05) is 5.92 Å². The molecule has 0 unspecified atom stereocenters. The lowest BCUT2D eigenvalue weighted by molar-refractivity contribution is 0.754. The van der Waals surface area contributed by atoms with Crippen molar-refractivity contribution in [2.45, 2.75) is 19.8 Å². The lowest BCUT2D eigenvalue weighted by Gasteiger charge is -2.00. The molecule has 1 aromatic carbocycles. The van der Waals surface area contributed by atoms with Gasteiger partial charge in [0.1, 0.15) is 0 Å². The topological polar surface area (TPSA) is 30.7 Å². The third kappa shape index (κ3) is 2.02. The minimum absolute atomic E-state index is 0.285. The Morgan fingerprint density at radius 1 is 1.20 bits per heavy atom. The quantitative estimate of drug-likeness (QED) is 0.781. The molecule has 15 heavy (non-hydrogen) atoms. The van der Waals surface area contributed by atoms with Crippen LogP contribution in [0.4, 0.5) is 0 Å². The molecule has 78 valence electrons. The Kier molecular flexibility index (Phi) is 2.73. The third-order valence-corrected chi connectivity index (χ3v) is 2.35. The predicted molar refractivity (Wildman–Crippen MR) is 60.5 cm³/mol. The summed E-state index contributed by atoms with van der Waals surface area (Å²) >= 11 is 6.01. The van der Waals surface area contributed by atoms with Crippen LogP contribution in [0.1, 0.15) is 25.6 Å². The van der Waals surface area contributed by atoms with Crippen LogP contribution in [0, 0.1) is 0 Å². The van der Waals surface area contributed by atoms with Gasteiger partial charge in [-0.3, -0.25) is 0 Å². The number of benzene rings is 1. The van der Waals surface area contributed by atoms with Crippen molar-refractivity contribution in [3.63, 3.8) is 0 Å². The number of hydrogen-bond acceptors (Lipinski definition) is 2. The van der Waals surface area contributed by atoms with Crippen molar-refractivity contribution in [2.24, 2.45) is 0 Å². The van der Waals surface area contributed by atoms with Crippen LogP contribution in [0.2, 0.25) is 5.28 Å². The Balaban J connectivity index is 2.45. The van der Waals surface area contributed by atoms with Crippen molar-refractivity contribution in [3.05, 3.63) is 41.4 Å². The fourth-order valence-electron chi connectivity index (χ4n) is 1.29. The highest BCUT2D eigenvalue weighted by atomic mass is 35.5. The Labute approximate surface area is 93.7 Å². The van der Waals surface area contributed by atoms with Crippen molar-refractivity contribution in [1.82, 2.24) is 14.8 Å². The Bertz CT molecular complexity index is 448.